The summed E-state index contributed by atoms with van der Waals surface area (Å²) in [7, 11) is 0. The summed E-state index contributed by atoms with van der Waals surface area (Å²) in [4.78, 5) is 12.1. The SMILES string of the molecule is Cc1cc(F)ccc1C(=O)Cc1cc(F)ccc1Cl. The van der Waals surface area contributed by atoms with Crippen molar-refractivity contribution in [2.45, 2.75) is 13.3 Å². The fourth-order valence-corrected chi connectivity index (χ4v) is 2.07. The van der Waals surface area contributed by atoms with Crippen LogP contribution in [0.25, 0.3) is 0 Å². The largest absolute Gasteiger partial charge is 0.294 e. The minimum atomic E-state index is -0.442. The van der Waals surface area contributed by atoms with Crippen molar-refractivity contribution in [3.8, 4) is 0 Å². The number of Topliss-reactive ketones (excluding diaryl/α,β-unsaturated/α-hetero) is 1. The second-order valence-electron chi connectivity index (χ2n) is 4.29. The van der Waals surface area contributed by atoms with Crippen molar-refractivity contribution in [2.24, 2.45) is 0 Å². The van der Waals surface area contributed by atoms with Crippen LogP contribution in [0.4, 0.5) is 8.78 Å². The molecule has 0 aliphatic rings. The van der Waals surface area contributed by atoms with Gasteiger partial charge >= 0.3 is 0 Å². The van der Waals surface area contributed by atoms with Crippen LogP contribution in [-0.2, 0) is 6.42 Å². The lowest BCUT2D eigenvalue weighted by Crippen LogP contribution is -2.06. The van der Waals surface area contributed by atoms with Gasteiger partial charge in [0.05, 0.1) is 0 Å². The summed E-state index contributed by atoms with van der Waals surface area (Å²) in [6.45, 7) is 1.66. The minimum absolute atomic E-state index is 0.0108. The van der Waals surface area contributed by atoms with Crippen LogP contribution in [0.15, 0.2) is 36.4 Å². The van der Waals surface area contributed by atoms with Crippen LogP contribution in [0.2, 0.25) is 5.02 Å². The number of hydrogen-bond acceptors (Lipinski definition) is 1. The van der Waals surface area contributed by atoms with E-state index >= 15 is 0 Å². The normalized spacial score (nSPS) is 10.5. The van der Waals surface area contributed by atoms with Crippen molar-refractivity contribution >= 4 is 17.4 Å². The first-order chi connectivity index (χ1) is 8.97. The van der Waals surface area contributed by atoms with Crippen molar-refractivity contribution < 1.29 is 13.6 Å². The maximum Gasteiger partial charge on any atom is 0.167 e. The minimum Gasteiger partial charge on any atom is -0.294 e. The molecular weight excluding hydrogens is 270 g/mol. The number of ketones is 1. The maximum absolute atomic E-state index is 13.1. The molecule has 0 atom stereocenters. The molecule has 0 aliphatic heterocycles. The number of halogens is 3. The first-order valence-corrected chi connectivity index (χ1v) is 6.08. The van der Waals surface area contributed by atoms with Crippen LogP contribution in [0, 0.1) is 18.6 Å². The Bertz CT molecular complexity index is 638. The second kappa shape index (κ2) is 5.49. The van der Waals surface area contributed by atoms with Gasteiger partial charge in [-0.1, -0.05) is 11.6 Å². The maximum atomic E-state index is 13.1. The lowest BCUT2D eigenvalue weighted by molar-refractivity contribution is 0.0992. The molecular formula is C15H11ClF2O. The summed E-state index contributed by atoms with van der Waals surface area (Å²) in [5.41, 5.74) is 1.40. The second-order valence-corrected chi connectivity index (χ2v) is 4.70. The molecule has 0 saturated carbocycles. The fraction of sp³-hybridized carbons (Fsp3) is 0.133. The average Bonchev–Trinajstić information content (AvgIpc) is 2.33. The summed E-state index contributed by atoms with van der Waals surface area (Å²) < 4.78 is 26.1. The van der Waals surface area contributed by atoms with E-state index in [9.17, 15) is 13.6 Å². The van der Waals surface area contributed by atoms with Gasteiger partial charge in [0.1, 0.15) is 11.6 Å². The van der Waals surface area contributed by atoms with Gasteiger partial charge in [0, 0.05) is 17.0 Å². The highest BCUT2D eigenvalue weighted by molar-refractivity contribution is 6.31. The van der Waals surface area contributed by atoms with Gasteiger partial charge in [-0.3, -0.25) is 4.79 Å². The van der Waals surface area contributed by atoms with E-state index in [1.54, 1.807) is 6.92 Å². The Kier molecular flexibility index (Phi) is 3.96. The van der Waals surface area contributed by atoms with E-state index in [1.165, 1.54) is 36.4 Å². The molecule has 2 aromatic rings. The molecule has 0 bridgehead atoms. The molecule has 0 spiro atoms. The van der Waals surface area contributed by atoms with Gasteiger partial charge in [0.25, 0.3) is 0 Å². The molecule has 98 valence electrons. The molecule has 2 aromatic carbocycles. The molecule has 0 radical (unpaired) electrons. The zero-order valence-corrected chi connectivity index (χ0v) is 11.0. The molecule has 4 heteroatoms. The van der Waals surface area contributed by atoms with Gasteiger partial charge in [-0.2, -0.15) is 0 Å². The van der Waals surface area contributed by atoms with Crippen molar-refractivity contribution in [1.82, 2.24) is 0 Å². The van der Waals surface area contributed by atoms with Crippen LogP contribution in [0.3, 0.4) is 0 Å². The van der Waals surface area contributed by atoms with E-state index in [0.717, 1.165) is 0 Å². The molecule has 0 fully saturated rings. The lowest BCUT2D eigenvalue weighted by Gasteiger charge is -2.07. The molecule has 0 amide bonds. The Morgan fingerprint density at radius 1 is 1.11 bits per heavy atom. The van der Waals surface area contributed by atoms with Crippen molar-refractivity contribution in [3.05, 3.63) is 69.7 Å². The Balaban J connectivity index is 2.28. The molecule has 0 N–H and O–H groups in total. The van der Waals surface area contributed by atoms with Gasteiger partial charge in [-0.05, 0) is 54.4 Å². The highest BCUT2D eigenvalue weighted by Gasteiger charge is 2.13. The van der Waals surface area contributed by atoms with Crippen LogP contribution >= 0.6 is 11.6 Å². The van der Waals surface area contributed by atoms with Crippen LogP contribution in [0.5, 0.6) is 0 Å². The molecule has 0 unspecified atom stereocenters. The van der Waals surface area contributed by atoms with E-state index in [1.807, 2.05) is 0 Å². The first-order valence-electron chi connectivity index (χ1n) is 5.70. The molecule has 0 heterocycles. The molecule has 0 saturated heterocycles. The van der Waals surface area contributed by atoms with E-state index in [2.05, 4.69) is 0 Å². The van der Waals surface area contributed by atoms with E-state index in [0.29, 0.717) is 21.7 Å². The fourth-order valence-electron chi connectivity index (χ4n) is 1.89. The Labute approximate surface area is 114 Å². The molecule has 1 nitrogen and oxygen atoms in total. The molecule has 0 aliphatic carbocycles. The van der Waals surface area contributed by atoms with E-state index in [-0.39, 0.29) is 12.2 Å². The number of carbonyl (C=O) groups excluding carboxylic acids is 1. The summed E-state index contributed by atoms with van der Waals surface area (Å²) >= 11 is 5.91. The summed E-state index contributed by atoms with van der Waals surface area (Å²) in [6.07, 6.45) is -0.0108. The van der Waals surface area contributed by atoms with Crippen LogP contribution < -0.4 is 0 Å². The zero-order chi connectivity index (χ0) is 14.0. The van der Waals surface area contributed by atoms with Crippen LogP contribution in [-0.4, -0.2) is 5.78 Å². The molecule has 0 aromatic heterocycles. The van der Waals surface area contributed by atoms with Gasteiger partial charge in [0.15, 0.2) is 5.78 Å². The highest BCUT2D eigenvalue weighted by atomic mass is 35.5. The van der Waals surface area contributed by atoms with Gasteiger partial charge < -0.3 is 0 Å². The Hall–Kier alpha value is -1.74. The third-order valence-corrected chi connectivity index (χ3v) is 3.22. The van der Waals surface area contributed by atoms with Crippen molar-refractivity contribution in [2.75, 3.05) is 0 Å². The van der Waals surface area contributed by atoms with Crippen molar-refractivity contribution in [3.63, 3.8) is 0 Å². The molecule has 19 heavy (non-hydrogen) atoms. The third-order valence-electron chi connectivity index (χ3n) is 2.85. The summed E-state index contributed by atoms with van der Waals surface area (Å²) in [6, 6.07) is 7.84. The average molecular weight is 281 g/mol. The number of benzene rings is 2. The predicted molar refractivity (Wildman–Crippen MR) is 70.6 cm³/mol. The Morgan fingerprint density at radius 3 is 2.42 bits per heavy atom. The zero-order valence-electron chi connectivity index (χ0n) is 10.2. The number of hydrogen-bond donors (Lipinski definition) is 0. The Morgan fingerprint density at radius 2 is 1.74 bits per heavy atom. The predicted octanol–water partition coefficient (Wildman–Crippen LogP) is 4.35. The smallest absolute Gasteiger partial charge is 0.167 e. The van der Waals surface area contributed by atoms with E-state index in [4.69, 9.17) is 11.6 Å². The third kappa shape index (κ3) is 3.18. The quantitative estimate of drug-likeness (QED) is 0.764. The molecule has 2 rings (SSSR count). The first kappa shape index (κ1) is 13.7. The van der Waals surface area contributed by atoms with Gasteiger partial charge in [-0.25, -0.2) is 8.78 Å². The van der Waals surface area contributed by atoms with Gasteiger partial charge in [-0.15, -0.1) is 0 Å². The standard InChI is InChI=1S/C15H11ClF2O/c1-9-6-11(17)2-4-13(9)15(19)8-10-7-12(18)3-5-14(10)16/h2-7H,8H2,1H3. The van der Waals surface area contributed by atoms with Gasteiger partial charge in [0.2, 0.25) is 0 Å². The number of carbonyl (C=O) groups is 1. The van der Waals surface area contributed by atoms with Crippen molar-refractivity contribution in [1.29, 1.82) is 0 Å². The monoisotopic (exact) mass is 280 g/mol. The van der Waals surface area contributed by atoms with Crippen LogP contribution in [0.1, 0.15) is 21.5 Å². The highest BCUT2D eigenvalue weighted by Crippen LogP contribution is 2.20. The number of rotatable bonds is 3. The topological polar surface area (TPSA) is 17.1 Å². The van der Waals surface area contributed by atoms with E-state index < -0.39 is 11.6 Å². The summed E-state index contributed by atoms with van der Waals surface area (Å²) in [5, 5.41) is 0.342. The number of aryl methyl sites for hydroxylation is 1. The summed E-state index contributed by atoms with van der Waals surface area (Å²) in [5.74, 6) is -1.05. The lowest BCUT2D eigenvalue weighted by atomic mass is 9.99.